The Morgan fingerprint density at radius 1 is 1.09 bits per heavy atom. The first-order chi connectivity index (χ1) is 16.7. The van der Waals surface area contributed by atoms with Crippen molar-refractivity contribution in [3.05, 3.63) is 59.1 Å². The molecule has 1 aromatic heterocycles. The molecule has 10 heteroatoms. The zero-order valence-corrected chi connectivity index (χ0v) is 21.2. The van der Waals surface area contributed by atoms with E-state index in [1.165, 1.54) is 0 Å². The molecule has 0 bridgehead atoms. The molecule has 186 valence electrons. The number of halogens is 1. The van der Waals surface area contributed by atoms with Gasteiger partial charge in [-0.15, -0.1) is 0 Å². The summed E-state index contributed by atoms with van der Waals surface area (Å²) in [5, 5.41) is 13.1. The highest BCUT2D eigenvalue weighted by Crippen LogP contribution is 2.30. The number of hydrogen-bond donors (Lipinski definition) is 1. The number of benzene rings is 2. The van der Waals surface area contributed by atoms with Gasteiger partial charge in [0, 0.05) is 43.7 Å². The van der Waals surface area contributed by atoms with Gasteiger partial charge < -0.3 is 14.6 Å². The van der Waals surface area contributed by atoms with E-state index in [1.54, 1.807) is 47.5 Å². The van der Waals surface area contributed by atoms with E-state index in [-0.39, 0.29) is 29.0 Å². The summed E-state index contributed by atoms with van der Waals surface area (Å²) in [6, 6.07) is 10.4. The van der Waals surface area contributed by atoms with Gasteiger partial charge in [0.05, 0.1) is 22.5 Å². The predicted octanol–water partition coefficient (Wildman–Crippen LogP) is 3.16. The van der Waals surface area contributed by atoms with E-state index in [9.17, 15) is 18.3 Å². The molecule has 1 fully saturated rings. The Bertz CT molecular complexity index is 1370. The number of hydrogen-bond acceptors (Lipinski definition) is 6. The molecule has 2 aliphatic heterocycles. The molecule has 3 aromatic rings. The molecule has 35 heavy (non-hydrogen) atoms. The third-order valence-electron chi connectivity index (χ3n) is 7.25. The van der Waals surface area contributed by atoms with Crippen LogP contribution in [-0.2, 0) is 21.2 Å². The molecular weight excluding hydrogens is 488 g/mol. The molecule has 3 heterocycles. The van der Waals surface area contributed by atoms with E-state index in [0.29, 0.717) is 18.1 Å². The minimum Gasteiger partial charge on any atom is -0.372 e. The Balaban J connectivity index is 1.16. The van der Waals surface area contributed by atoms with E-state index in [1.807, 2.05) is 11.5 Å². The van der Waals surface area contributed by atoms with Crippen LogP contribution in [0, 0.1) is 6.92 Å². The normalized spacial score (nSPS) is 19.7. The minimum absolute atomic E-state index is 0.0452. The molecule has 5 rings (SSSR count). The highest BCUT2D eigenvalue weighted by Gasteiger charge is 2.35. The van der Waals surface area contributed by atoms with Crippen LogP contribution in [0.3, 0.4) is 0 Å². The van der Waals surface area contributed by atoms with Gasteiger partial charge >= 0.3 is 0 Å². The van der Waals surface area contributed by atoms with Crippen LogP contribution in [0.4, 0.5) is 0 Å². The summed E-state index contributed by atoms with van der Waals surface area (Å²) in [6.07, 6.45) is 2.48. The van der Waals surface area contributed by atoms with Crippen molar-refractivity contribution in [2.45, 2.75) is 49.9 Å². The van der Waals surface area contributed by atoms with Crippen LogP contribution in [0.25, 0.3) is 10.8 Å². The number of carbonyl (C=O) groups is 1. The SMILES string of the molecule is Cc1ncc2n1CCN(C1CCN(C(=O)CCS(=O)(=O)c3ccc4cc(Cl)ccc4c3)CC1)C2O. The van der Waals surface area contributed by atoms with Crippen molar-refractivity contribution in [1.29, 1.82) is 0 Å². The van der Waals surface area contributed by atoms with Gasteiger partial charge in [-0.1, -0.05) is 23.7 Å². The van der Waals surface area contributed by atoms with E-state index >= 15 is 0 Å². The fourth-order valence-electron chi connectivity index (χ4n) is 5.21. The maximum atomic E-state index is 12.9. The number of piperidine rings is 1. The second-order valence-electron chi connectivity index (χ2n) is 9.33. The number of carbonyl (C=O) groups excluding carboxylic acids is 1. The zero-order valence-electron chi connectivity index (χ0n) is 19.6. The number of aryl methyl sites for hydroxylation is 1. The molecule has 0 aliphatic carbocycles. The van der Waals surface area contributed by atoms with Crippen LogP contribution in [0.15, 0.2) is 47.5 Å². The molecular formula is C25H29ClN4O4S. The van der Waals surface area contributed by atoms with Crippen LogP contribution in [0.5, 0.6) is 0 Å². The van der Waals surface area contributed by atoms with E-state index in [0.717, 1.165) is 48.2 Å². The lowest BCUT2D eigenvalue weighted by Crippen LogP contribution is -2.50. The van der Waals surface area contributed by atoms with Crippen molar-refractivity contribution in [3.63, 3.8) is 0 Å². The summed E-state index contributed by atoms with van der Waals surface area (Å²) < 4.78 is 27.8. The standard InChI is InChI=1S/C25H29ClN4O4S/c1-17-27-16-23-25(32)30(12-11-29(17)23)21-6-9-28(10-7-21)24(31)8-13-35(33,34)22-5-3-18-14-20(26)4-2-19(18)15-22/h2-5,14-16,21,25,32H,6-13H2,1H3. The first kappa shape index (κ1) is 24.2. The summed E-state index contributed by atoms with van der Waals surface area (Å²) in [4.78, 5) is 21.2. The van der Waals surface area contributed by atoms with Crippen molar-refractivity contribution >= 4 is 38.1 Å². The Hall–Kier alpha value is -2.46. The van der Waals surface area contributed by atoms with E-state index in [2.05, 4.69) is 9.88 Å². The van der Waals surface area contributed by atoms with Gasteiger partial charge in [0.25, 0.3) is 0 Å². The van der Waals surface area contributed by atoms with Crippen molar-refractivity contribution in [1.82, 2.24) is 19.4 Å². The number of amides is 1. The molecule has 1 atom stereocenters. The summed E-state index contributed by atoms with van der Waals surface area (Å²) >= 11 is 6.01. The van der Waals surface area contributed by atoms with Crippen LogP contribution in [0.2, 0.25) is 5.02 Å². The quantitative estimate of drug-likeness (QED) is 0.559. The molecule has 1 saturated heterocycles. The largest absolute Gasteiger partial charge is 0.372 e. The van der Waals surface area contributed by atoms with Gasteiger partial charge in [-0.2, -0.15) is 0 Å². The zero-order chi connectivity index (χ0) is 24.7. The molecule has 2 aromatic carbocycles. The van der Waals surface area contributed by atoms with Crippen LogP contribution < -0.4 is 0 Å². The molecule has 0 spiro atoms. The molecule has 1 unspecified atom stereocenters. The number of nitrogens with zero attached hydrogens (tertiary/aromatic N) is 4. The summed E-state index contributed by atoms with van der Waals surface area (Å²) in [5.41, 5.74) is 0.814. The van der Waals surface area contributed by atoms with Crippen LogP contribution in [-0.4, -0.2) is 70.2 Å². The Labute approximate surface area is 210 Å². The highest BCUT2D eigenvalue weighted by molar-refractivity contribution is 7.91. The average Bonchev–Trinajstić information content (AvgIpc) is 3.24. The number of likely N-dealkylation sites (tertiary alicyclic amines) is 1. The smallest absolute Gasteiger partial charge is 0.223 e. The lowest BCUT2D eigenvalue weighted by molar-refractivity contribution is -0.133. The van der Waals surface area contributed by atoms with E-state index in [4.69, 9.17) is 11.6 Å². The van der Waals surface area contributed by atoms with E-state index < -0.39 is 16.1 Å². The monoisotopic (exact) mass is 516 g/mol. The number of imidazole rings is 1. The molecule has 2 aliphatic rings. The molecule has 0 saturated carbocycles. The second-order valence-corrected chi connectivity index (χ2v) is 11.9. The number of aliphatic hydroxyl groups is 1. The third-order valence-corrected chi connectivity index (χ3v) is 9.20. The minimum atomic E-state index is -3.59. The summed E-state index contributed by atoms with van der Waals surface area (Å²) in [7, 11) is -3.59. The number of aromatic nitrogens is 2. The highest BCUT2D eigenvalue weighted by atomic mass is 35.5. The van der Waals surface area contributed by atoms with Crippen molar-refractivity contribution < 1.29 is 18.3 Å². The van der Waals surface area contributed by atoms with Crippen molar-refractivity contribution in [2.75, 3.05) is 25.4 Å². The van der Waals surface area contributed by atoms with Crippen molar-refractivity contribution in [3.8, 4) is 0 Å². The van der Waals surface area contributed by atoms with Crippen LogP contribution >= 0.6 is 11.6 Å². The van der Waals surface area contributed by atoms with Gasteiger partial charge in [-0.3, -0.25) is 9.69 Å². The number of rotatable bonds is 5. The Morgan fingerprint density at radius 2 is 1.80 bits per heavy atom. The Kier molecular flexibility index (Phi) is 6.61. The molecule has 8 nitrogen and oxygen atoms in total. The molecule has 1 amide bonds. The van der Waals surface area contributed by atoms with Gasteiger partial charge in [0.1, 0.15) is 5.82 Å². The predicted molar refractivity (Wildman–Crippen MR) is 134 cm³/mol. The molecule has 0 radical (unpaired) electrons. The van der Waals surface area contributed by atoms with Gasteiger partial charge in [0.2, 0.25) is 5.91 Å². The fourth-order valence-corrected chi connectivity index (χ4v) is 6.65. The summed E-state index contributed by atoms with van der Waals surface area (Å²) in [6.45, 7) is 4.58. The van der Waals surface area contributed by atoms with Gasteiger partial charge in [0.15, 0.2) is 16.1 Å². The lowest BCUT2D eigenvalue weighted by Gasteiger charge is -2.43. The summed E-state index contributed by atoms with van der Waals surface area (Å²) in [5.74, 6) is 0.536. The Morgan fingerprint density at radius 3 is 2.57 bits per heavy atom. The van der Waals surface area contributed by atoms with Gasteiger partial charge in [-0.25, -0.2) is 13.4 Å². The maximum absolute atomic E-state index is 12.9. The first-order valence-corrected chi connectivity index (χ1v) is 13.9. The number of sulfone groups is 1. The topological polar surface area (TPSA) is 95.7 Å². The third kappa shape index (κ3) is 4.82. The first-order valence-electron chi connectivity index (χ1n) is 11.9. The fraction of sp³-hybridized carbons (Fsp3) is 0.440. The lowest BCUT2D eigenvalue weighted by atomic mass is 10.0. The van der Waals surface area contributed by atoms with Crippen LogP contribution in [0.1, 0.15) is 37.0 Å². The number of fused-ring (bicyclic) bond motifs is 2. The molecule has 1 N–H and O–H groups in total. The second kappa shape index (κ2) is 9.54. The maximum Gasteiger partial charge on any atom is 0.223 e. The number of aliphatic hydroxyl groups excluding tert-OH is 1. The van der Waals surface area contributed by atoms with Gasteiger partial charge in [-0.05, 0) is 54.8 Å². The average molecular weight is 517 g/mol. The van der Waals surface area contributed by atoms with Crippen molar-refractivity contribution in [2.24, 2.45) is 0 Å².